The van der Waals surface area contributed by atoms with Crippen molar-refractivity contribution >= 4 is 0 Å². The van der Waals surface area contributed by atoms with Gasteiger partial charge in [0.05, 0.1) is 13.2 Å². The van der Waals surface area contributed by atoms with E-state index in [4.69, 9.17) is 14.5 Å². The van der Waals surface area contributed by atoms with Crippen LogP contribution in [0.1, 0.15) is 59.3 Å². The van der Waals surface area contributed by atoms with Crippen LogP contribution in [0.25, 0.3) is 0 Å². The van der Waals surface area contributed by atoms with Gasteiger partial charge in [-0.3, -0.25) is 0 Å². The molecule has 2 aliphatic carbocycles. The van der Waals surface area contributed by atoms with Gasteiger partial charge in [-0.05, 0) is 25.7 Å². The van der Waals surface area contributed by atoms with E-state index in [-0.39, 0.29) is 5.41 Å². The fourth-order valence-electron chi connectivity index (χ4n) is 2.94. The number of hydrogen-bond acceptors (Lipinski definition) is 3. The number of hydrogen-bond donors (Lipinski definition) is 0. The van der Waals surface area contributed by atoms with E-state index in [2.05, 4.69) is 20.8 Å². The second-order valence-corrected chi connectivity index (χ2v) is 6.47. The average Bonchev–Trinajstić information content (AvgIpc) is 2.96. The van der Waals surface area contributed by atoms with E-state index in [0.29, 0.717) is 12.0 Å². The van der Waals surface area contributed by atoms with Crippen molar-refractivity contribution in [3.8, 4) is 0 Å². The topological polar surface area (TPSA) is 27.7 Å². The zero-order valence-electron chi connectivity index (χ0n) is 11.6. The summed E-state index contributed by atoms with van der Waals surface area (Å²) >= 11 is 0. The quantitative estimate of drug-likeness (QED) is 0.418. The summed E-state index contributed by atoms with van der Waals surface area (Å²) in [6.45, 7) is 6.54. The number of rotatable bonds is 5. The lowest BCUT2D eigenvalue weighted by Gasteiger charge is -2.44. The van der Waals surface area contributed by atoms with Gasteiger partial charge in [-0.15, -0.1) is 0 Å². The molecule has 0 aromatic rings. The highest BCUT2D eigenvalue weighted by atomic mass is 17.2. The Morgan fingerprint density at radius 3 is 1.94 bits per heavy atom. The van der Waals surface area contributed by atoms with E-state index in [1.165, 1.54) is 25.7 Å². The molecule has 0 aromatic carbocycles. The van der Waals surface area contributed by atoms with Crippen LogP contribution in [0.15, 0.2) is 0 Å². The Morgan fingerprint density at radius 1 is 0.941 bits per heavy atom. The van der Waals surface area contributed by atoms with Crippen LogP contribution in [-0.4, -0.2) is 19.0 Å². The lowest BCUT2D eigenvalue weighted by Crippen LogP contribution is -2.51. The second kappa shape index (κ2) is 4.87. The molecule has 0 amide bonds. The van der Waals surface area contributed by atoms with Crippen molar-refractivity contribution in [3.05, 3.63) is 0 Å². The van der Waals surface area contributed by atoms with Crippen LogP contribution in [0.2, 0.25) is 0 Å². The minimum absolute atomic E-state index is 0.0627. The minimum Gasteiger partial charge on any atom is -0.343 e. The zero-order valence-corrected chi connectivity index (χ0v) is 11.6. The molecule has 0 spiro atoms. The molecule has 0 heterocycles. The van der Waals surface area contributed by atoms with E-state index >= 15 is 0 Å². The van der Waals surface area contributed by atoms with Crippen molar-refractivity contribution in [2.24, 2.45) is 11.3 Å². The van der Waals surface area contributed by atoms with E-state index < -0.39 is 5.79 Å². The Labute approximate surface area is 105 Å². The predicted octanol–water partition coefficient (Wildman–Crippen LogP) is 3.68. The summed E-state index contributed by atoms with van der Waals surface area (Å²) in [5, 5.41) is 0. The first-order valence-electron chi connectivity index (χ1n) is 6.89. The van der Waals surface area contributed by atoms with Crippen LogP contribution in [0.5, 0.6) is 0 Å². The molecule has 2 rings (SSSR count). The van der Waals surface area contributed by atoms with Gasteiger partial charge in [0.15, 0.2) is 0 Å². The molecule has 0 radical (unpaired) electrons. The maximum atomic E-state index is 6.38. The minimum atomic E-state index is -0.559. The Bertz CT molecular complexity index is 249. The van der Waals surface area contributed by atoms with Gasteiger partial charge in [0.2, 0.25) is 5.79 Å². The first-order valence-corrected chi connectivity index (χ1v) is 6.89. The maximum absolute atomic E-state index is 6.38. The van der Waals surface area contributed by atoms with Crippen LogP contribution in [0.4, 0.5) is 0 Å². The fraction of sp³-hybridized carbons (Fsp3) is 1.00. The van der Waals surface area contributed by atoms with Crippen LogP contribution in [-0.2, 0) is 14.5 Å². The highest BCUT2D eigenvalue weighted by molar-refractivity contribution is 4.97. The lowest BCUT2D eigenvalue weighted by molar-refractivity contribution is -0.459. The highest BCUT2D eigenvalue weighted by Crippen LogP contribution is 2.53. The fourth-order valence-corrected chi connectivity index (χ4v) is 2.94. The van der Waals surface area contributed by atoms with Crippen molar-refractivity contribution in [2.75, 3.05) is 7.11 Å². The summed E-state index contributed by atoms with van der Waals surface area (Å²) in [5.41, 5.74) is -0.0627. The Kier molecular flexibility index (Phi) is 3.81. The molecule has 2 fully saturated rings. The molecule has 0 aromatic heterocycles. The van der Waals surface area contributed by atoms with Crippen molar-refractivity contribution in [1.82, 2.24) is 0 Å². The summed E-state index contributed by atoms with van der Waals surface area (Å²) in [4.78, 5) is 10.7. The van der Waals surface area contributed by atoms with Crippen LogP contribution in [0, 0.1) is 11.3 Å². The Balaban J connectivity index is 2.14. The molecule has 0 N–H and O–H groups in total. The molecule has 3 nitrogen and oxygen atoms in total. The van der Waals surface area contributed by atoms with Gasteiger partial charge in [0.25, 0.3) is 0 Å². The van der Waals surface area contributed by atoms with Gasteiger partial charge in [0, 0.05) is 11.3 Å². The molecule has 3 heteroatoms. The van der Waals surface area contributed by atoms with Crippen molar-refractivity contribution < 1.29 is 14.5 Å². The first kappa shape index (κ1) is 13.3. The molecular formula is C14H26O3. The molecule has 0 bridgehead atoms. The molecule has 0 aliphatic heterocycles. The third kappa shape index (κ3) is 2.67. The van der Waals surface area contributed by atoms with Gasteiger partial charge >= 0.3 is 0 Å². The largest absolute Gasteiger partial charge is 0.343 e. The van der Waals surface area contributed by atoms with Crippen LogP contribution in [0.3, 0.4) is 0 Å². The third-order valence-corrected chi connectivity index (χ3v) is 4.01. The molecular weight excluding hydrogens is 216 g/mol. The summed E-state index contributed by atoms with van der Waals surface area (Å²) in [5.74, 6) is -0.0698. The predicted molar refractivity (Wildman–Crippen MR) is 66.3 cm³/mol. The van der Waals surface area contributed by atoms with Crippen molar-refractivity contribution in [1.29, 1.82) is 0 Å². The SMILES string of the molecule is COOC(OC1CCCC1)(C1CC1)C(C)(C)C. The molecule has 100 valence electrons. The third-order valence-electron chi connectivity index (χ3n) is 4.01. The smallest absolute Gasteiger partial charge is 0.209 e. The standard InChI is InChI=1S/C14H26O3/c1-13(2,3)14(17-15-4,11-9-10-11)16-12-7-5-6-8-12/h11-12H,5-10H2,1-4H3. The van der Waals surface area contributed by atoms with E-state index in [9.17, 15) is 0 Å². The molecule has 2 saturated carbocycles. The summed E-state index contributed by atoms with van der Waals surface area (Å²) < 4.78 is 6.38. The van der Waals surface area contributed by atoms with E-state index in [1.54, 1.807) is 7.11 Å². The molecule has 1 atom stereocenters. The number of ether oxygens (including phenoxy) is 1. The van der Waals surface area contributed by atoms with Gasteiger partial charge in [-0.25, -0.2) is 9.78 Å². The van der Waals surface area contributed by atoms with Crippen molar-refractivity contribution in [3.63, 3.8) is 0 Å². The van der Waals surface area contributed by atoms with Gasteiger partial charge < -0.3 is 4.74 Å². The normalized spacial score (nSPS) is 26.1. The van der Waals surface area contributed by atoms with Crippen molar-refractivity contribution in [2.45, 2.75) is 71.2 Å². The van der Waals surface area contributed by atoms with Crippen LogP contribution >= 0.6 is 0 Å². The summed E-state index contributed by atoms with van der Waals surface area (Å²) in [6, 6.07) is 0. The Hall–Kier alpha value is -0.120. The van der Waals surface area contributed by atoms with Gasteiger partial charge in [-0.1, -0.05) is 33.6 Å². The van der Waals surface area contributed by atoms with E-state index in [0.717, 1.165) is 12.8 Å². The highest BCUT2D eigenvalue weighted by Gasteiger charge is 2.57. The van der Waals surface area contributed by atoms with Gasteiger partial charge in [-0.2, -0.15) is 0 Å². The lowest BCUT2D eigenvalue weighted by atomic mass is 9.82. The van der Waals surface area contributed by atoms with Crippen LogP contribution < -0.4 is 0 Å². The molecule has 2 aliphatic rings. The second-order valence-electron chi connectivity index (χ2n) is 6.47. The first-order chi connectivity index (χ1) is 7.99. The summed E-state index contributed by atoms with van der Waals surface area (Å²) in [7, 11) is 1.58. The molecule has 1 unspecified atom stereocenters. The summed E-state index contributed by atoms with van der Waals surface area (Å²) in [6.07, 6.45) is 7.62. The van der Waals surface area contributed by atoms with Gasteiger partial charge in [0.1, 0.15) is 0 Å². The Morgan fingerprint density at radius 2 is 1.53 bits per heavy atom. The zero-order chi connectivity index (χ0) is 12.5. The average molecular weight is 242 g/mol. The monoisotopic (exact) mass is 242 g/mol. The maximum Gasteiger partial charge on any atom is 0.209 e. The molecule has 0 saturated heterocycles. The molecule has 17 heavy (non-hydrogen) atoms. The van der Waals surface area contributed by atoms with E-state index in [1.807, 2.05) is 0 Å².